The molecule has 1 saturated heterocycles. The molecule has 16 heteroatoms. The monoisotopic (exact) mass is 784 g/mol. The fourth-order valence-electron chi connectivity index (χ4n) is 6.59. The lowest BCUT2D eigenvalue weighted by atomic mass is 10.1. The molecule has 15 nitrogen and oxygen atoms in total. The zero-order valence-electron chi connectivity index (χ0n) is 31.3. The lowest BCUT2D eigenvalue weighted by molar-refractivity contribution is -0.115. The number of fused-ring (bicyclic) bond motifs is 1. The second kappa shape index (κ2) is 17.5. The highest BCUT2D eigenvalue weighted by Gasteiger charge is 2.24. The number of hydrogen-bond acceptors (Lipinski definition) is 14. The summed E-state index contributed by atoms with van der Waals surface area (Å²) in [6.07, 6.45) is 3.22. The number of aromatic nitrogens is 7. The minimum absolute atomic E-state index is 0.0189. The molecule has 8 rings (SSSR count). The number of thiophene rings is 1. The molecule has 2 aromatic carbocycles. The van der Waals surface area contributed by atoms with Crippen molar-refractivity contribution in [2.75, 3.05) is 64.2 Å². The number of aromatic amines is 1. The summed E-state index contributed by atoms with van der Waals surface area (Å²) in [5, 5.41) is 16.4. The van der Waals surface area contributed by atoms with Crippen LogP contribution in [0.3, 0.4) is 0 Å². The molecule has 1 amide bonds. The van der Waals surface area contributed by atoms with E-state index in [1.165, 1.54) is 0 Å². The van der Waals surface area contributed by atoms with Crippen LogP contribution in [0.4, 0.5) is 11.8 Å². The van der Waals surface area contributed by atoms with Crippen molar-refractivity contribution in [2.45, 2.75) is 12.5 Å². The molecule has 6 heterocycles. The number of carbonyl (C=O) groups excluding carboxylic acids is 1. The van der Waals surface area contributed by atoms with E-state index in [9.17, 15) is 4.79 Å². The number of ether oxygens (including phenoxy) is 4. The second-order valence-corrected chi connectivity index (χ2v) is 14.0. The molecule has 1 fully saturated rings. The molecule has 7 aromatic rings. The predicted molar refractivity (Wildman–Crippen MR) is 218 cm³/mol. The third-order valence-corrected chi connectivity index (χ3v) is 10.2. The van der Waals surface area contributed by atoms with Gasteiger partial charge in [0.2, 0.25) is 17.6 Å². The number of benzene rings is 2. The number of nitrogens with zero attached hydrogens (tertiary/aromatic N) is 7. The van der Waals surface area contributed by atoms with Gasteiger partial charge in [-0.15, -0.1) is 16.4 Å². The van der Waals surface area contributed by atoms with Crippen LogP contribution in [0.5, 0.6) is 17.2 Å². The van der Waals surface area contributed by atoms with E-state index in [2.05, 4.69) is 58.2 Å². The van der Waals surface area contributed by atoms with E-state index in [4.69, 9.17) is 28.9 Å². The first-order valence-corrected chi connectivity index (χ1v) is 19.3. The van der Waals surface area contributed by atoms with Gasteiger partial charge in [-0.3, -0.25) is 30.1 Å². The third kappa shape index (κ3) is 8.83. The first-order chi connectivity index (χ1) is 28.0. The summed E-state index contributed by atoms with van der Waals surface area (Å²) in [4.78, 5) is 39.3. The number of H-pyrrole nitrogens is 1. The number of nitrogens with one attached hydrogen (secondary N) is 3. The van der Waals surface area contributed by atoms with E-state index in [1.54, 1.807) is 56.1 Å². The molecule has 1 unspecified atom stereocenters. The summed E-state index contributed by atoms with van der Waals surface area (Å²) in [5.74, 6) is 2.95. The van der Waals surface area contributed by atoms with Crippen molar-refractivity contribution in [1.29, 1.82) is 0 Å². The molecule has 0 aliphatic carbocycles. The maximum atomic E-state index is 13.1. The zero-order valence-corrected chi connectivity index (χ0v) is 32.2. The molecule has 1 atom stereocenters. The molecule has 0 radical (unpaired) electrons. The van der Waals surface area contributed by atoms with Crippen LogP contribution in [0.15, 0.2) is 96.6 Å². The molecule has 5 aromatic heterocycles. The molecule has 3 N–H and O–H groups in total. The van der Waals surface area contributed by atoms with Gasteiger partial charge in [0.25, 0.3) is 0 Å². The number of methoxy groups -OCH3 is 2. The first kappa shape index (κ1) is 37.4. The lowest BCUT2D eigenvalue weighted by Crippen LogP contribution is -2.46. The fraction of sp³-hybridized carbons (Fsp3) is 0.244. The van der Waals surface area contributed by atoms with Crippen molar-refractivity contribution in [2.24, 2.45) is 0 Å². The number of morpholine rings is 1. The summed E-state index contributed by atoms with van der Waals surface area (Å²) < 4.78 is 23.7. The predicted octanol–water partition coefficient (Wildman–Crippen LogP) is 5.99. The van der Waals surface area contributed by atoms with Crippen LogP contribution in [0.25, 0.3) is 44.4 Å². The highest BCUT2D eigenvalue weighted by atomic mass is 32.1. The van der Waals surface area contributed by atoms with Crippen molar-refractivity contribution in [3.8, 4) is 51.4 Å². The summed E-state index contributed by atoms with van der Waals surface area (Å²) in [7, 11) is 3.09. The molecule has 1 aliphatic rings. The van der Waals surface area contributed by atoms with Gasteiger partial charge < -0.3 is 24.3 Å². The van der Waals surface area contributed by atoms with Crippen LogP contribution in [-0.4, -0.2) is 106 Å². The minimum Gasteiger partial charge on any atom is -0.493 e. The van der Waals surface area contributed by atoms with Crippen molar-refractivity contribution >= 4 is 39.2 Å². The lowest BCUT2D eigenvalue weighted by Gasteiger charge is -2.33. The van der Waals surface area contributed by atoms with E-state index in [0.29, 0.717) is 59.9 Å². The van der Waals surface area contributed by atoms with Crippen LogP contribution in [0, 0.1) is 0 Å². The van der Waals surface area contributed by atoms with Crippen LogP contribution >= 0.6 is 11.3 Å². The van der Waals surface area contributed by atoms with Crippen LogP contribution in [0.2, 0.25) is 0 Å². The van der Waals surface area contributed by atoms with Crippen molar-refractivity contribution in [1.82, 2.24) is 40.0 Å². The van der Waals surface area contributed by atoms with E-state index < -0.39 is 0 Å². The number of anilines is 2. The highest BCUT2D eigenvalue weighted by molar-refractivity contribution is 7.17. The van der Waals surface area contributed by atoms with Crippen LogP contribution in [-0.2, 0) is 16.0 Å². The Morgan fingerprint density at radius 3 is 2.51 bits per heavy atom. The fourth-order valence-corrected chi connectivity index (χ4v) is 7.54. The standard InChI is InChI=1S/C41H40N10O5S/c1-53-32-20-26(22-34(52)45-41-48-38(49-50-41)31-13-7-9-15-43-31)21-33(36(32)54-2)56-24-28-23-51(18-19-55-28)17-16-44-39-35-29(27-10-4-3-5-11-27)25-57-40(35)47-37(46-39)30-12-6-8-14-42-30/h3-15,20-21,25,28H,16-19,22-24H2,1-2H3,(H,44,46,47)(H2,45,48,49,50,52). The van der Waals surface area contributed by atoms with Gasteiger partial charge in [0.1, 0.15) is 34.7 Å². The third-order valence-electron chi connectivity index (χ3n) is 9.29. The Bertz CT molecular complexity index is 2430. The Kier molecular flexibility index (Phi) is 11.5. The Balaban J connectivity index is 0.907. The quantitative estimate of drug-likeness (QED) is 0.111. The van der Waals surface area contributed by atoms with Gasteiger partial charge >= 0.3 is 0 Å². The van der Waals surface area contributed by atoms with Gasteiger partial charge in [-0.25, -0.2) is 9.97 Å². The second-order valence-electron chi connectivity index (χ2n) is 13.1. The summed E-state index contributed by atoms with van der Waals surface area (Å²) in [5.41, 5.74) is 4.20. The molecule has 0 bridgehead atoms. The van der Waals surface area contributed by atoms with E-state index in [-0.39, 0.29) is 31.0 Å². The zero-order chi connectivity index (χ0) is 39.0. The van der Waals surface area contributed by atoms with E-state index in [0.717, 1.165) is 45.9 Å². The van der Waals surface area contributed by atoms with E-state index >= 15 is 0 Å². The SMILES string of the molecule is COc1cc(CC(=O)Nc2n[nH]c(-c3ccccn3)n2)cc(OCC2CN(CCNc3nc(-c4ccccn4)nc4scc(-c5ccccc5)c34)CCO2)c1OC. The molecule has 1 aliphatic heterocycles. The number of pyridine rings is 2. The largest absolute Gasteiger partial charge is 0.493 e. The summed E-state index contributed by atoms with van der Waals surface area (Å²) >= 11 is 1.60. The van der Waals surface area contributed by atoms with Crippen molar-refractivity contribution in [3.05, 3.63) is 102 Å². The highest BCUT2D eigenvalue weighted by Crippen LogP contribution is 2.40. The Morgan fingerprint density at radius 2 is 1.74 bits per heavy atom. The number of amides is 1. The molecule has 290 valence electrons. The summed E-state index contributed by atoms with van der Waals surface area (Å²) in [6, 6.07) is 25.0. The van der Waals surface area contributed by atoms with Crippen LogP contribution in [0.1, 0.15) is 5.56 Å². The average molecular weight is 785 g/mol. The Labute approximate surface area is 332 Å². The normalized spacial score (nSPS) is 14.3. The van der Waals surface area contributed by atoms with Gasteiger partial charge in [0, 0.05) is 49.5 Å². The van der Waals surface area contributed by atoms with Gasteiger partial charge in [-0.2, -0.15) is 4.98 Å². The number of rotatable bonds is 15. The topological polar surface area (TPSA) is 174 Å². The van der Waals surface area contributed by atoms with Gasteiger partial charge in [0.05, 0.1) is 32.6 Å². The maximum absolute atomic E-state index is 13.1. The number of hydrogen-bond donors (Lipinski definition) is 3. The van der Waals surface area contributed by atoms with Crippen molar-refractivity contribution < 1.29 is 23.7 Å². The van der Waals surface area contributed by atoms with Crippen molar-refractivity contribution in [3.63, 3.8) is 0 Å². The number of carbonyl (C=O) groups is 1. The summed E-state index contributed by atoms with van der Waals surface area (Å²) in [6.45, 7) is 3.67. The average Bonchev–Trinajstić information content (AvgIpc) is 3.91. The molecular formula is C41H40N10O5S. The van der Waals surface area contributed by atoms with Gasteiger partial charge in [-0.1, -0.05) is 42.5 Å². The minimum atomic E-state index is -0.314. The van der Waals surface area contributed by atoms with Gasteiger partial charge in [0.15, 0.2) is 23.1 Å². The van der Waals surface area contributed by atoms with Gasteiger partial charge in [-0.05, 0) is 47.5 Å². The smallest absolute Gasteiger partial charge is 0.249 e. The van der Waals surface area contributed by atoms with Crippen LogP contribution < -0.4 is 24.8 Å². The molecule has 0 spiro atoms. The Morgan fingerprint density at radius 1 is 0.947 bits per heavy atom. The maximum Gasteiger partial charge on any atom is 0.249 e. The molecule has 0 saturated carbocycles. The first-order valence-electron chi connectivity index (χ1n) is 18.4. The van der Waals surface area contributed by atoms with E-state index in [1.807, 2.05) is 48.5 Å². The molecular weight excluding hydrogens is 745 g/mol. The Hall–Kier alpha value is -6.49. The molecule has 57 heavy (non-hydrogen) atoms.